The van der Waals surface area contributed by atoms with E-state index in [0.717, 1.165) is 4.90 Å². The first kappa shape index (κ1) is 12.4. The molecule has 0 bridgehead atoms. The molecule has 17 heavy (non-hydrogen) atoms. The van der Waals surface area contributed by atoms with Crippen LogP contribution in [0.5, 0.6) is 11.8 Å². The molecule has 0 spiro atoms. The maximum absolute atomic E-state index is 5.63. The molecule has 1 heterocycles. The Balaban J connectivity index is 2.19. The number of aromatic nitrogens is 3. The van der Waals surface area contributed by atoms with E-state index >= 15 is 0 Å². The van der Waals surface area contributed by atoms with Crippen LogP contribution in [0.2, 0.25) is 10.6 Å². The summed E-state index contributed by atoms with van der Waals surface area (Å²) in [6, 6.07) is 7.58. The third-order valence-corrected chi connectivity index (χ3v) is 2.91. The maximum Gasteiger partial charge on any atom is 0.327 e. The second-order valence-electron chi connectivity index (χ2n) is 2.93. The predicted octanol–water partition coefficient (Wildman–Crippen LogP) is 3.69. The van der Waals surface area contributed by atoms with Crippen molar-refractivity contribution in [3.05, 3.63) is 34.8 Å². The molecule has 0 radical (unpaired) electrons. The standard InChI is InChI=1S/C10H7Cl2N3OS/c1-17-7-4-2-6(3-5-7)16-10-14-8(11)13-9(12)15-10/h2-5H,1H3. The van der Waals surface area contributed by atoms with Gasteiger partial charge in [0.15, 0.2) is 0 Å². The first-order chi connectivity index (χ1) is 8.17. The molecule has 0 aliphatic rings. The zero-order valence-electron chi connectivity index (χ0n) is 8.72. The molecule has 0 atom stereocenters. The van der Waals surface area contributed by atoms with Gasteiger partial charge in [-0.15, -0.1) is 11.8 Å². The van der Waals surface area contributed by atoms with Gasteiger partial charge in [-0.2, -0.15) is 15.0 Å². The second-order valence-corrected chi connectivity index (χ2v) is 4.49. The minimum absolute atomic E-state index is 0.000680. The van der Waals surface area contributed by atoms with Crippen molar-refractivity contribution in [3.8, 4) is 11.8 Å². The van der Waals surface area contributed by atoms with Crippen molar-refractivity contribution in [3.63, 3.8) is 0 Å². The molecule has 0 aliphatic heterocycles. The van der Waals surface area contributed by atoms with Gasteiger partial charge in [-0.3, -0.25) is 0 Å². The number of rotatable bonds is 3. The molecular formula is C10H7Cl2N3OS. The number of halogens is 2. The topological polar surface area (TPSA) is 47.9 Å². The fraction of sp³-hybridized carbons (Fsp3) is 0.100. The maximum atomic E-state index is 5.63. The lowest BCUT2D eigenvalue weighted by atomic mass is 10.3. The van der Waals surface area contributed by atoms with Crippen molar-refractivity contribution in [2.75, 3.05) is 6.26 Å². The van der Waals surface area contributed by atoms with Gasteiger partial charge in [0.25, 0.3) is 0 Å². The lowest BCUT2D eigenvalue weighted by Crippen LogP contribution is -1.94. The Labute approximate surface area is 112 Å². The summed E-state index contributed by atoms with van der Waals surface area (Å²) in [5, 5.41) is 0.00136. The molecule has 0 unspecified atom stereocenters. The lowest BCUT2D eigenvalue weighted by Gasteiger charge is -2.04. The fourth-order valence-corrected chi connectivity index (χ4v) is 1.86. The van der Waals surface area contributed by atoms with Crippen LogP contribution in [-0.4, -0.2) is 21.2 Å². The van der Waals surface area contributed by atoms with Crippen molar-refractivity contribution in [2.24, 2.45) is 0 Å². The van der Waals surface area contributed by atoms with Crippen LogP contribution in [0.1, 0.15) is 0 Å². The average Bonchev–Trinajstić information content (AvgIpc) is 2.28. The molecule has 7 heteroatoms. The van der Waals surface area contributed by atoms with Gasteiger partial charge in [0, 0.05) is 4.90 Å². The number of hydrogen-bond acceptors (Lipinski definition) is 5. The Morgan fingerprint density at radius 1 is 1.00 bits per heavy atom. The highest BCUT2D eigenvalue weighted by atomic mass is 35.5. The van der Waals surface area contributed by atoms with Crippen LogP contribution in [0.4, 0.5) is 0 Å². The summed E-state index contributed by atoms with van der Waals surface area (Å²) < 4.78 is 5.40. The summed E-state index contributed by atoms with van der Waals surface area (Å²) in [6.07, 6.45) is 2.00. The highest BCUT2D eigenvalue weighted by molar-refractivity contribution is 7.98. The van der Waals surface area contributed by atoms with Crippen LogP contribution in [0.15, 0.2) is 29.2 Å². The SMILES string of the molecule is CSc1ccc(Oc2nc(Cl)nc(Cl)n2)cc1. The molecule has 0 aliphatic carbocycles. The van der Waals surface area contributed by atoms with E-state index in [-0.39, 0.29) is 16.6 Å². The second kappa shape index (κ2) is 5.53. The Hall–Kier alpha value is -1.04. The summed E-state index contributed by atoms with van der Waals surface area (Å²) >= 11 is 12.9. The molecule has 4 nitrogen and oxygen atoms in total. The Bertz CT molecular complexity index is 501. The van der Waals surface area contributed by atoms with Crippen LogP contribution in [0.3, 0.4) is 0 Å². The van der Waals surface area contributed by atoms with E-state index in [2.05, 4.69) is 15.0 Å². The third-order valence-electron chi connectivity index (χ3n) is 1.83. The van der Waals surface area contributed by atoms with E-state index in [0.29, 0.717) is 5.75 Å². The van der Waals surface area contributed by atoms with Crippen molar-refractivity contribution in [1.29, 1.82) is 0 Å². The van der Waals surface area contributed by atoms with E-state index in [4.69, 9.17) is 27.9 Å². The fourth-order valence-electron chi connectivity index (χ4n) is 1.10. The molecule has 2 rings (SSSR count). The Morgan fingerprint density at radius 2 is 1.59 bits per heavy atom. The van der Waals surface area contributed by atoms with Crippen molar-refractivity contribution < 1.29 is 4.74 Å². The lowest BCUT2D eigenvalue weighted by molar-refractivity contribution is 0.439. The minimum Gasteiger partial charge on any atom is -0.424 e. The highest BCUT2D eigenvalue weighted by Crippen LogP contribution is 2.23. The van der Waals surface area contributed by atoms with Gasteiger partial charge in [0.05, 0.1) is 0 Å². The molecule has 1 aromatic carbocycles. The average molecular weight is 288 g/mol. The van der Waals surface area contributed by atoms with E-state index in [1.165, 1.54) is 0 Å². The van der Waals surface area contributed by atoms with Gasteiger partial charge in [-0.1, -0.05) is 0 Å². The normalized spacial score (nSPS) is 10.3. The van der Waals surface area contributed by atoms with Gasteiger partial charge in [-0.25, -0.2) is 0 Å². The molecule has 0 amide bonds. The van der Waals surface area contributed by atoms with Crippen LogP contribution in [0.25, 0.3) is 0 Å². The van der Waals surface area contributed by atoms with Crippen molar-refractivity contribution in [1.82, 2.24) is 15.0 Å². The smallest absolute Gasteiger partial charge is 0.327 e. The van der Waals surface area contributed by atoms with Gasteiger partial charge in [0.2, 0.25) is 10.6 Å². The van der Waals surface area contributed by atoms with E-state index in [1.54, 1.807) is 11.8 Å². The number of benzene rings is 1. The molecule has 2 aromatic rings. The molecule has 0 N–H and O–H groups in total. The van der Waals surface area contributed by atoms with Gasteiger partial charge < -0.3 is 4.74 Å². The van der Waals surface area contributed by atoms with Crippen LogP contribution < -0.4 is 4.74 Å². The Morgan fingerprint density at radius 3 is 2.12 bits per heavy atom. The van der Waals surface area contributed by atoms with E-state index in [1.807, 2.05) is 30.5 Å². The van der Waals surface area contributed by atoms with Crippen molar-refractivity contribution >= 4 is 35.0 Å². The number of thioether (sulfide) groups is 1. The zero-order valence-corrected chi connectivity index (χ0v) is 11.1. The molecule has 88 valence electrons. The number of nitrogens with zero attached hydrogens (tertiary/aromatic N) is 3. The number of ether oxygens (including phenoxy) is 1. The molecular weight excluding hydrogens is 281 g/mol. The largest absolute Gasteiger partial charge is 0.424 e. The van der Waals surface area contributed by atoms with Gasteiger partial charge >= 0.3 is 6.01 Å². The summed E-state index contributed by atoms with van der Waals surface area (Å²) in [5.74, 6) is 0.612. The number of hydrogen-bond donors (Lipinski definition) is 0. The quantitative estimate of drug-likeness (QED) is 0.806. The summed E-state index contributed by atoms with van der Waals surface area (Å²) in [5.41, 5.74) is 0. The third kappa shape index (κ3) is 3.46. The van der Waals surface area contributed by atoms with E-state index in [9.17, 15) is 0 Å². The van der Waals surface area contributed by atoms with Gasteiger partial charge in [0.1, 0.15) is 5.75 Å². The minimum atomic E-state index is 0.000680. The first-order valence-corrected chi connectivity index (χ1v) is 6.54. The molecule has 1 aromatic heterocycles. The molecule has 0 fully saturated rings. The molecule has 0 saturated carbocycles. The van der Waals surface area contributed by atoms with Crippen LogP contribution in [-0.2, 0) is 0 Å². The van der Waals surface area contributed by atoms with E-state index < -0.39 is 0 Å². The van der Waals surface area contributed by atoms with Crippen LogP contribution >= 0.6 is 35.0 Å². The van der Waals surface area contributed by atoms with Crippen molar-refractivity contribution in [2.45, 2.75) is 4.90 Å². The summed E-state index contributed by atoms with van der Waals surface area (Å²) in [7, 11) is 0. The summed E-state index contributed by atoms with van der Waals surface area (Å²) in [6.45, 7) is 0. The zero-order chi connectivity index (χ0) is 12.3. The molecule has 0 saturated heterocycles. The predicted molar refractivity (Wildman–Crippen MR) is 68.1 cm³/mol. The Kier molecular flexibility index (Phi) is 4.04. The summed E-state index contributed by atoms with van der Waals surface area (Å²) in [4.78, 5) is 12.4. The highest BCUT2D eigenvalue weighted by Gasteiger charge is 2.05. The monoisotopic (exact) mass is 287 g/mol. The van der Waals surface area contributed by atoms with Gasteiger partial charge in [-0.05, 0) is 53.7 Å². The van der Waals surface area contributed by atoms with Crippen LogP contribution in [0, 0.1) is 0 Å². The first-order valence-electron chi connectivity index (χ1n) is 4.56.